The van der Waals surface area contributed by atoms with Crippen LogP contribution in [-0.4, -0.2) is 42.5 Å². The number of ether oxygens (including phenoxy) is 2. The summed E-state index contributed by atoms with van der Waals surface area (Å²) in [6, 6.07) is 21.5. The van der Waals surface area contributed by atoms with Gasteiger partial charge in [0.2, 0.25) is 0 Å². The van der Waals surface area contributed by atoms with Gasteiger partial charge in [0.05, 0.1) is 25.8 Å². The van der Waals surface area contributed by atoms with Gasteiger partial charge in [-0.1, -0.05) is 55.5 Å². The number of aliphatic hydroxyl groups excluding tert-OH is 1. The number of hydrogen-bond donors (Lipinski definition) is 1. The van der Waals surface area contributed by atoms with E-state index in [0.717, 1.165) is 23.3 Å². The Hall–Kier alpha value is -4.06. The van der Waals surface area contributed by atoms with Crippen molar-refractivity contribution in [3.8, 4) is 11.5 Å². The zero-order valence-electron chi connectivity index (χ0n) is 20.2. The summed E-state index contributed by atoms with van der Waals surface area (Å²) in [5.74, 6) is -0.136. The van der Waals surface area contributed by atoms with Crippen LogP contribution in [0.5, 0.6) is 11.5 Å². The molecule has 0 radical (unpaired) electrons. The predicted octanol–water partition coefficient (Wildman–Crippen LogP) is 4.93. The minimum Gasteiger partial charge on any atom is -0.507 e. The molecule has 35 heavy (non-hydrogen) atoms. The smallest absolute Gasteiger partial charge is 0.295 e. The summed E-state index contributed by atoms with van der Waals surface area (Å²) in [6.45, 7) is 2.36. The monoisotopic (exact) mass is 471 g/mol. The number of likely N-dealkylation sites (tertiary alicyclic amines) is 1. The first-order chi connectivity index (χ1) is 17.0. The molecule has 4 rings (SSSR count). The minimum atomic E-state index is -0.728. The van der Waals surface area contributed by atoms with Crippen LogP contribution in [0.15, 0.2) is 78.4 Å². The fraction of sp³-hybridized carbons (Fsp3) is 0.241. The van der Waals surface area contributed by atoms with E-state index in [1.807, 2.05) is 55.5 Å². The van der Waals surface area contributed by atoms with E-state index in [1.165, 1.54) is 4.90 Å². The molecule has 0 bridgehead atoms. The highest BCUT2D eigenvalue weighted by molar-refractivity contribution is 6.46. The summed E-state index contributed by atoms with van der Waals surface area (Å²) in [5.41, 5.74) is 3.41. The van der Waals surface area contributed by atoms with Crippen molar-refractivity contribution in [3.05, 3.63) is 101 Å². The van der Waals surface area contributed by atoms with Crippen LogP contribution >= 0.6 is 0 Å². The topological polar surface area (TPSA) is 76.1 Å². The SMILES string of the molecule is CCc1ccc(/C(O)=C2/C(=O)C(=O)N(CCc3ccc(OC)cc3)C2c2cccc(OC)c2)cc1. The lowest BCUT2D eigenvalue weighted by molar-refractivity contribution is -0.139. The standard InChI is InChI=1S/C29H29NO5/c1-4-19-8-12-21(13-9-19)27(31)25-26(22-6-5-7-24(18-22)35-3)30(29(33)28(25)32)17-16-20-10-14-23(34-2)15-11-20/h5-15,18,26,31H,4,16-17H2,1-3H3/b27-25-. The average molecular weight is 472 g/mol. The van der Waals surface area contributed by atoms with Gasteiger partial charge < -0.3 is 19.5 Å². The third-order valence-electron chi connectivity index (χ3n) is 6.39. The second-order valence-corrected chi connectivity index (χ2v) is 8.42. The number of amides is 1. The molecule has 1 atom stereocenters. The quantitative estimate of drug-likeness (QED) is 0.286. The number of hydrogen-bond acceptors (Lipinski definition) is 5. The van der Waals surface area contributed by atoms with Crippen LogP contribution in [0.2, 0.25) is 0 Å². The van der Waals surface area contributed by atoms with Gasteiger partial charge in [0, 0.05) is 12.1 Å². The van der Waals surface area contributed by atoms with Crippen molar-refractivity contribution in [2.24, 2.45) is 0 Å². The summed E-state index contributed by atoms with van der Waals surface area (Å²) < 4.78 is 10.6. The number of carbonyl (C=O) groups excluding carboxylic acids is 2. The molecule has 3 aromatic carbocycles. The van der Waals surface area contributed by atoms with Crippen LogP contribution < -0.4 is 9.47 Å². The molecule has 0 spiro atoms. The van der Waals surface area contributed by atoms with Gasteiger partial charge in [0.15, 0.2) is 0 Å². The molecule has 1 fully saturated rings. The maximum Gasteiger partial charge on any atom is 0.295 e. The Morgan fingerprint density at radius 1 is 0.886 bits per heavy atom. The summed E-state index contributed by atoms with van der Waals surface area (Å²) in [7, 11) is 3.17. The molecule has 6 heteroatoms. The van der Waals surface area contributed by atoms with E-state index in [4.69, 9.17) is 9.47 Å². The van der Waals surface area contributed by atoms with Crippen molar-refractivity contribution in [2.45, 2.75) is 25.8 Å². The third kappa shape index (κ3) is 4.92. The van der Waals surface area contributed by atoms with Gasteiger partial charge in [0.1, 0.15) is 17.3 Å². The highest BCUT2D eigenvalue weighted by Gasteiger charge is 2.45. The number of ketones is 1. The van der Waals surface area contributed by atoms with Crippen LogP contribution in [0.1, 0.15) is 35.2 Å². The molecular weight excluding hydrogens is 442 g/mol. The molecule has 180 valence electrons. The van der Waals surface area contributed by atoms with Gasteiger partial charge in [0.25, 0.3) is 11.7 Å². The molecule has 1 saturated heterocycles. The van der Waals surface area contributed by atoms with E-state index in [2.05, 4.69) is 0 Å². The Kier molecular flexibility index (Phi) is 7.20. The van der Waals surface area contributed by atoms with Gasteiger partial charge in [-0.15, -0.1) is 0 Å². The van der Waals surface area contributed by atoms with Gasteiger partial charge in [-0.3, -0.25) is 9.59 Å². The Bertz CT molecular complexity index is 1240. The fourth-order valence-electron chi connectivity index (χ4n) is 4.36. The lowest BCUT2D eigenvalue weighted by atomic mass is 9.94. The van der Waals surface area contributed by atoms with E-state index >= 15 is 0 Å². The largest absolute Gasteiger partial charge is 0.507 e. The molecule has 1 aliphatic heterocycles. The van der Waals surface area contributed by atoms with Gasteiger partial charge in [-0.05, 0) is 53.8 Å². The Morgan fingerprint density at radius 2 is 1.54 bits per heavy atom. The molecule has 3 aromatic rings. The summed E-state index contributed by atoms with van der Waals surface area (Å²) in [4.78, 5) is 28.0. The number of methoxy groups -OCH3 is 2. The molecular formula is C29H29NO5. The minimum absolute atomic E-state index is 0.0854. The number of aliphatic hydroxyl groups is 1. The van der Waals surface area contributed by atoms with Crippen molar-refractivity contribution >= 4 is 17.4 Å². The number of Topliss-reactive ketones (excluding diaryl/α,β-unsaturated/α-hetero) is 1. The first-order valence-electron chi connectivity index (χ1n) is 11.6. The van der Waals surface area contributed by atoms with Crippen molar-refractivity contribution in [2.75, 3.05) is 20.8 Å². The molecule has 6 nitrogen and oxygen atoms in total. The zero-order valence-corrected chi connectivity index (χ0v) is 20.2. The van der Waals surface area contributed by atoms with Crippen LogP contribution in [0, 0.1) is 0 Å². The fourth-order valence-corrected chi connectivity index (χ4v) is 4.36. The third-order valence-corrected chi connectivity index (χ3v) is 6.39. The number of carbonyl (C=O) groups is 2. The van der Waals surface area contributed by atoms with E-state index in [-0.39, 0.29) is 11.3 Å². The van der Waals surface area contributed by atoms with Crippen molar-refractivity contribution in [1.82, 2.24) is 4.90 Å². The molecule has 0 saturated carbocycles. The number of rotatable bonds is 8. The van der Waals surface area contributed by atoms with Gasteiger partial charge in [-0.25, -0.2) is 0 Å². The molecule has 1 N–H and O–H groups in total. The van der Waals surface area contributed by atoms with Crippen LogP contribution in [0.25, 0.3) is 5.76 Å². The summed E-state index contributed by atoms with van der Waals surface area (Å²) in [5, 5.41) is 11.2. The Labute approximate surface area is 205 Å². The molecule has 0 aliphatic carbocycles. The second kappa shape index (κ2) is 10.5. The van der Waals surface area contributed by atoms with Crippen molar-refractivity contribution < 1.29 is 24.2 Å². The maximum absolute atomic E-state index is 13.2. The summed E-state index contributed by atoms with van der Waals surface area (Å²) >= 11 is 0. The highest BCUT2D eigenvalue weighted by Crippen LogP contribution is 2.40. The number of benzene rings is 3. The lowest BCUT2D eigenvalue weighted by Gasteiger charge is -2.25. The van der Waals surface area contributed by atoms with Gasteiger partial charge >= 0.3 is 0 Å². The average Bonchev–Trinajstić information content (AvgIpc) is 3.16. The van der Waals surface area contributed by atoms with E-state index in [9.17, 15) is 14.7 Å². The predicted molar refractivity (Wildman–Crippen MR) is 135 cm³/mol. The van der Waals surface area contributed by atoms with E-state index in [0.29, 0.717) is 29.8 Å². The molecule has 1 unspecified atom stereocenters. The van der Waals surface area contributed by atoms with Crippen molar-refractivity contribution in [3.63, 3.8) is 0 Å². The van der Waals surface area contributed by atoms with Gasteiger partial charge in [-0.2, -0.15) is 0 Å². The second-order valence-electron chi connectivity index (χ2n) is 8.42. The van der Waals surface area contributed by atoms with E-state index < -0.39 is 17.7 Å². The maximum atomic E-state index is 13.2. The molecule has 0 aromatic heterocycles. The number of nitrogens with zero attached hydrogens (tertiary/aromatic N) is 1. The van der Waals surface area contributed by atoms with Crippen molar-refractivity contribution in [1.29, 1.82) is 0 Å². The highest BCUT2D eigenvalue weighted by atomic mass is 16.5. The molecule has 1 aliphatic rings. The normalized spacial score (nSPS) is 17.0. The molecule has 1 heterocycles. The number of aryl methyl sites for hydroxylation is 1. The van der Waals surface area contributed by atoms with Crippen LogP contribution in [-0.2, 0) is 22.4 Å². The first kappa shape index (κ1) is 24.1. The van der Waals surface area contributed by atoms with E-state index in [1.54, 1.807) is 38.5 Å². The van der Waals surface area contributed by atoms with Crippen LogP contribution in [0.4, 0.5) is 0 Å². The zero-order chi connectivity index (χ0) is 24.9. The Morgan fingerprint density at radius 3 is 2.17 bits per heavy atom. The lowest BCUT2D eigenvalue weighted by Crippen LogP contribution is -2.31. The first-order valence-corrected chi connectivity index (χ1v) is 11.6. The van der Waals surface area contributed by atoms with Crippen LogP contribution in [0.3, 0.4) is 0 Å². The summed E-state index contributed by atoms with van der Waals surface area (Å²) in [6.07, 6.45) is 1.41. The molecule has 1 amide bonds. The Balaban J connectivity index is 1.75.